The van der Waals surface area contributed by atoms with E-state index < -0.39 is 5.97 Å². The fourth-order valence-corrected chi connectivity index (χ4v) is 3.15. The number of carbonyl (C=O) groups is 2. The Morgan fingerprint density at radius 3 is 2.63 bits per heavy atom. The van der Waals surface area contributed by atoms with Crippen LogP contribution in [0.3, 0.4) is 0 Å². The van der Waals surface area contributed by atoms with Gasteiger partial charge in [-0.2, -0.15) is 0 Å². The molecule has 2 rings (SSSR count). The van der Waals surface area contributed by atoms with E-state index in [0.29, 0.717) is 30.6 Å². The average molecular weight is 391 g/mol. The van der Waals surface area contributed by atoms with Crippen molar-refractivity contribution in [1.29, 1.82) is 0 Å². The van der Waals surface area contributed by atoms with Crippen molar-refractivity contribution < 1.29 is 19.1 Å². The second-order valence-corrected chi connectivity index (χ2v) is 7.54. The summed E-state index contributed by atoms with van der Waals surface area (Å²) >= 11 is 1.35. The van der Waals surface area contributed by atoms with E-state index in [2.05, 4.69) is 23.6 Å². The molecule has 7 heteroatoms. The fourth-order valence-electron chi connectivity index (χ4n) is 2.37. The summed E-state index contributed by atoms with van der Waals surface area (Å²) in [6.45, 7) is 5.64. The van der Waals surface area contributed by atoms with Gasteiger partial charge in [-0.25, -0.2) is 9.78 Å². The van der Waals surface area contributed by atoms with Gasteiger partial charge in [0.05, 0.1) is 20.3 Å². The molecule has 0 unspecified atom stereocenters. The lowest BCUT2D eigenvalue weighted by Gasteiger charge is -2.22. The Labute approximate surface area is 164 Å². The number of benzene rings is 1. The monoisotopic (exact) mass is 390 g/mol. The van der Waals surface area contributed by atoms with Crippen molar-refractivity contribution in [3.05, 3.63) is 52.0 Å². The predicted octanol–water partition coefficient (Wildman–Crippen LogP) is 3.52. The van der Waals surface area contributed by atoms with Gasteiger partial charge in [-0.15, -0.1) is 11.3 Å². The van der Waals surface area contributed by atoms with Gasteiger partial charge in [0.15, 0.2) is 5.69 Å². The van der Waals surface area contributed by atoms with E-state index in [1.54, 1.807) is 10.3 Å². The first kappa shape index (κ1) is 21.1. The van der Waals surface area contributed by atoms with E-state index >= 15 is 0 Å². The summed E-state index contributed by atoms with van der Waals surface area (Å²) in [4.78, 5) is 30.2. The summed E-state index contributed by atoms with van der Waals surface area (Å²) in [5.74, 6) is -0.0717. The number of methoxy groups -OCH3 is 1. The normalized spacial score (nSPS) is 10.8. The van der Waals surface area contributed by atoms with Crippen molar-refractivity contribution in [2.45, 2.75) is 33.4 Å². The van der Waals surface area contributed by atoms with Crippen LogP contribution in [0.2, 0.25) is 0 Å². The third-order valence-electron chi connectivity index (χ3n) is 3.94. The number of nitrogens with zero attached hydrogens (tertiary/aromatic N) is 2. The minimum atomic E-state index is -0.469. The molecule has 146 valence electrons. The molecule has 0 N–H and O–H groups in total. The molecule has 0 aliphatic carbocycles. The largest absolute Gasteiger partial charge is 0.464 e. The maximum Gasteiger partial charge on any atom is 0.357 e. The van der Waals surface area contributed by atoms with Crippen LogP contribution < -0.4 is 0 Å². The zero-order valence-corrected chi connectivity index (χ0v) is 16.8. The molecule has 0 bridgehead atoms. The smallest absolute Gasteiger partial charge is 0.357 e. The average Bonchev–Trinajstić information content (AvgIpc) is 3.13. The summed E-state index contributed by atoms with van der Waals surface area (Å²) in [6.07, 6.45) is 0.889. The van der Waals surface area contributed by atoms with Crippen LogP contribution in [0.4, 0.5) is 0 Å². The number of esters is 1. The molecule has 0 radical (unpaired) electrons. The molecule has 0 spiro atoms. The van der Waals surface area contributed by atoms with Gasteiger partial charge >= 0.3 is 5.97 Å². The second kappa shape index (κ2) is 10.8. The Hall–Kier alpha value is -2.25. The van der Waals surface area contributed by atoms with Gasteiger partial charge in [0, 0.05) is 11.9 Å². The van der Waals surface area contributed by atoms with Crippen molar-refractivity contribution in [2.75, 3.05) is 20.3 Å². The molecule has 0 saturated carbocycles. The Morgan fingerprint density at radius 1 is 1.22 bits per heavy atom. The first-order chi connectivity index (χ1) is 13.0. The highest BCUT2D eigenvalue weighted by molar-refractivity contribution is 7.09. The zero-order chi connectivity index (χ0) is 19.6. The molecule has 27 heavy (non-hydrogen) atoms. The van der Waals surface area contributed by atoms with Crippen molar-refractivity contribution in [1.82, 2.24) is 9.88 Å². The van der Waals surface area contributed by atoms with Crippen molar-refractivity contribution in [2.24, 2.45) is 5.92 Å². The third kappa shape index (κ3) is 7.11. The van der Waals surface area contributed by atoms with E-state index in [-0.39, 0.29) is 18.2 Å². The van der Waals surface area contributed by atoms with Gasteiger partial charge in [0.2, 0.25) is 5.91 Å². The fraction of sp³-hybridized carbons (Fsp3) is 0.450. The number of carbonyl (C=O) groups excluding carboxylic acids is 2. The number of hydrogen-bond donors (Lipinski definition) is 0. The van der Waals surface area contributed by atoms with Gasteiger partial charge in [-0.05, 0) is 17.9 Å². The van der Waals surface area contributed by atoms with Crippen LogP contribution in [-0.2, 0) is 27.4 Å². The van der Waals surface area contributed by atoms with Crippen LogP contribution >= 0.6 is 11.3 Å². The number of rotatable bonds is 10. The van der Waals surface area contributed by atoms with Crippen LogP contribution in [0.5, 0.6) is 0 Å². The number of hydrogen-bond acceptors (Lipinski definition) is 6. The lowest BCUT2D eigenvalue weighted by atomic mass is 10.1. The quantitative estimate of drug-likeness (QED) is 0.581. The van der Waals surface area contributed by atoms with E-state index in [1.807, 2.05) is 30.3 Å². The van der Waals surface area contributed by atoms with E-state index in [9.17, 15) is 9.59 Å². The lowest BCUT2D eigenvalue weighted by Crippen LogP contribution is -2.35. The Balaban J connectivity index is 1.94. The molecule has 6 nitrogen and oxygen atoms in total. The molecule has 0 aliphatic heterocycles. The predicted molar refractivity (Wildman–Crippen MR) is 104 cm³/mol. The second-order valence-electron chi connectivity index (χ2n) is 6.59. The van der Waals surface area contributed by atoms with Crippen molar-refractivity contribution in [3.8, 4) is 0 Å². The van der Waals surface area contributed by atoms with Crippen LogP contribution in [0.1, 0.15) is 41.3 Å². The maximum absolute atomic E-state index is 12.6. The molecule has 0 fully saturated rings. The molecule has 0 atom stereocenters. The van der Waals surface area contributed by atoms with Crippen LogP contribution in [-0.4, -0.2) is 42.0 Å². The van der Waals surface area contributed by atoms with E-state index in [4.69, 9.17) is 4.74 Å². The molecular weight excluding hydrogens is 364 g/mol. The minimum Gasteiger partial charge on any atom is -0.464 e. The van der Waals surface area contributed by atoms with Crippen LogP contribution in [0.15, 0.2) is 35.7 Å². The number of aromatic nitrogens is 1. The number of amides is 1. The SMILES string of the molecule is COC(=O)c1csc(CN(CCC(C)C)C(=O)COCc2ccccc2)n1. The summed E-state index contributed by atoms with van der Waals surface area (Å²) in [6, 6.07) is 9.75. The summed E-state index contributed by atoms with van der Waals surface area (Å²) < 4.78 is 10.3. The minimum absolute atomic E-state index is 0.0161. The first-order valence-corrected chi connectivity index (χ1v) is 9.79. The standard InChI is InChI=1S/C20H26N2O4S/c1-15(2)9-10-22(11-18-21-17(14-27-18)20(24)25-3)19(23)13-26-12-16-7-5-4-6-8-16/h4-8,14-15H,9-13H2,1-3H3. The molecule has 1 amide bonds. The summed E-state index contributed by atoms with van der Waals surface area (Å²) in [5, 5.41) is 2.36. The molecule has 0 saturated heterocycles. The first-order valence-electron chi connectivity index (χ1n) is 8.91. The number of ether oxygens (including phenoxy) is 2. The maximum atomic E-state index is 12.6. The molecule has 1 heterocycles. The van der Waals surface area contributed by atoms with Crippen LogP contribution in [0.25, 0.3) is 0 Å². The van der Waals surface area contributed by atoms with Gasteiger partial charge < -0.3 is 14.4 Å². The van der Waals surface area contributed by atoms with E-state index in [1.165, 1.54) is 18.4 Å². The molecule has 1 aromatic carbocycles. The number of thiazole rings is 1. The highest BCUT2D eigenvalue weighted by Gasteiger charge is 2.18. The zero-order valence-electron chi connectivity index (χ0n) is 16.0. The van der Waals surface area contributed by atoms with Gasteiger partial charge in [0.1, 0.15) is 11.6 Å². The highest BCUT2D eigenvalue weighted by Crippen LogP contribution is 2.15. The Kier molecular flexibility index (Phi) is 8.42. The summed E-state index contributed by atoms with van der Waals surface area (Å²) in [7, 11) is 1.32. The topological polar surface area (TPSA) is 68.7 Å². The van der Waals surface area contributed by atoms with Crippen molar-refractivity contribution in [3.63, 3.8) is 0 Å². The molecule has 1 aromatic heterocycles. The van der Waals surface area contributed by atoms with E-state index in [0.717, 1.165) is 12.0 Å². The Bertz CT molecular complexity index is 731. The van der Waals surface area contributed by atoms with Crippen molar-refractivity contribution >= 4 is 23.2 Å². The Morgan fingerprint density at radius 2 is 1.96 bits per heavy atom. The van der Waals surface area contributed by atoms with Crippen LogP contribution in [0, 0.1) is 5.92 Å². The summed E-state index contributed by atoms with van der Waals surface area (Å²) in [5.41, 5.74) is 1.30. The van der Waals surface area contributed by atoms with Gasteiger partial charge in [-0.1, -0.05) is 44.2 Å². The van der Waals surface area contributed by atoms with Gasteiger partial charge in [-0.3, -0.25) is 4.79 Å². The van der Waals surface area contributed by atoms with Gasteiger partial charge in [0.25, 0.3) is 0 Å². The molecule has 2 aromatic rings. The third-order valence-corrected chi connectivity index (χ3v) is 4.77. The highest BCUT2D eigenvalue weighted by atomic mass is 32.1. The molecule has 0 aliphatic rings. The molecular formula is C20H26N2O4S. The lowest BCUT2D eigenvalue weighted by molar-refractivity contribution is -0.137.